The van der Waals surface area contributed by atoms with E-state index in [1.54, 1.807) is 6.07 Å². The number of rotatable bonds is 4. The molecule has 1 unspecified atom stereocenters. The standard InChI is InChI=1S/C21H18FN3O4/c1-25-19-15(22)8-5-9-18(19)28-12-17(21(25)27)23-20(26)16-11-14(29-24-16)10-13-6-3-2-4-7-13/h2-9,11,17H,10,12H2,1H3,(H,23,26). The number of carbonyl (C=O) groups is 2. The van der Waals surface area contributed by atoms with E-state index in [1.165, 1.54) is 25.2 Å². The average molecular weight is 395 g/mol. The normalized spacial score (nSPS) is 16.0. The third-order valence-electron chi connectivity index (χ3n) is 4.64. The molecule has 0 bridgehead atoms. The van der Waals surface area contributed by atoms with E-state index in [2.05, 4.69) is 10.5 Å². The molecule has 8 heteroatoms. The van der Waals surface area contributed by atoms with Gasteiger partial charge in [0.15, 0.2) is 11.5 Å². The Hall–Kier alpha value is -3.68. The van der Waals surface area contributed by atoms with E-state index >= 15 is 0 Å². The van der Waals surface area contributed by atoms with Gasteiger partial charge in [-0.25, -0.2) is 4.39 Å². The van der Waals surface area contributed by atoms with Crippen molar-refractivity contribution < 1.29 is 23.2 Å². The van der Waals surface area contributed by atoms with Crippen molar-refractivity contribution in [2.75, 3.05) is 18.6 Å². The maximum absolute atomic E-state index is 14.1. The summed E-state index contributed by atoms with van der Waals surface area (Å²) in [6.45, 7) is -0.125. The topological polar surface area (TPSA) is 84.7 Å². The molecule has 29 heavy (non-hydrogen) atoms. The number of anilines is 1. The highest BCUT2D eigenvalue weighted by Crippen LogP contribution is 2.33. The SMILES string of the molecule is CN1C(=O)C(NC(=O)c2cc(Cc3ccccc3)on2)COc2cccc(F)c21. The van der Waals surface area contributed by atoms with Crippen molar-refractivity contribution >= 4 is 17.5 Å². The number of amides is 2. The number of benzene rings is 2. The van der Waals surface area contributed by atoms with Crippen molar-refractivity contribution in [1.82, 2.24) is 10.5 Å². The molecule has 0 fully saturated rings. The molecule has 148 valence electrons. The molecular formula is C21H18FN3O4. The van der Waals surface area contributed by atoms with Crippen LogP contribution >= 0.6 is 0 Å². The Bertz CT molecular complexity index is 1050. The number of halogens is 1. The van der Waals surface area contributed by atoms with Crippen LogP contribution in [0, 0.1) is 5.82 Å². The lowest BCUT2D eigenvalue weighted by atomic mass is 10.1. The first-order chi connectivity index (χ1) is 14.0. The second-order valence-corrected chi connectivity index (χ2v) is 6.66. The molecular weight excluding hydrogens is 377 g/mol. The minimum Gasteiger partial charge on any atom is -0.489 e. The van der Waals surface area contributed by atoms with E-state index in [-0.39, 0.29) is 23.7 Å². The summed E-state index contributed by atoms with van der Waals surface area (Å²) >= 11 is 0. The van der Waals surface area contributed by atoms with Crippen LogP contribution < -0.4 is 15.0 Å². The summed E-state index contributed by atoms with van der Waals surface area (Å²) in [6, 6.07) is 14.5. The number of fused-ring (bicyclic) bond motifs is 1. The zero-order valence-corrected chi connectivity index (χ0v) is 15.6. The molecule has 7 nitrogen and oxygen atoms in total. The van der Waals surface area contributed by atoms with E-state index in [0.717, 1.165) is 10.5 Å². The minimum atomic E-state index is -0.992. The molecule has 2 heterocycles. The van der Waals surface area contributed by atoms with Crippen molar-refractivity contribution in [2.24, 2.45) is 0 Å². The fourth-order valence-electron chi connectivity index (χ4n) is 3.16. The second-order valence-electron chi connectivity index (χ2n) is 6.66. The molecule has 0 radical (unpaired) electrons. The van der Waals surface area contributed by atoms with Crippen LogP contribution in [0.1, 0.15) is 21.8 Å². The minimum absolute atomic E-state index is 0.0424. The van der Waals surface area contributed by atoms with Crippen molar-refractivity contribution in [1.29, 1.82) is 0 Å². The number of nitrogens with zero attached hydrogens (tertiary/aromatic N) is 2. The van der Waals surface area contributed by atoms with Gasteiger partial charge in [0.2, 0.25) is 0 Å². The van der Waals surface area contributed by atoms with E-state index in [9.17, 15) is 14.0 Å². The molecule has 2 aromatic carbocycles. The zero-order chi connectivity index (χ0) is 20.4. The second kappa shape index (κ2) is 7.75. The number of hydrogen-bond donors (Lipinski definition) is 1. The number of nitrogens with one attached hydrogen (secondary N) is 1. The van der Waals surface area contributed by atoms with E-state index in [0.29, 0.717) is 12.2 Å². The number of para-hydroxylation sites is 1. The highest BCUT2D eigenvalue weighted by molar-refractivity contribution is 6.02. The third-order valence-corrected chi connectivity index (χ3v) is 4.64. The van der Waals surface area contributed by atoms with Crippen LogP contribution in [0.2, 0.25) is 0 Å². The van der Waals surface area contributed by atoms with Crippen molar-refractivity contribution in [3.05, 3.63) is 77.4 Å². The summed E-state index contributed by atoms with van der Waals surface area (Å²) in [4.78, 5) is 26.4. The molecule has 4 rings (SSSR count). The van der Waals surface area contributed by atoms with E-state index in [4.69, 9.17) is 9.26 Å². The first kappa shape index (κ1) is 18.7. The number of hydrogen-bond acceptors (Lipinski definition) is 5. The van der Waals surface area contributed by atoms with E-state index in [1.807, 2.05) is 30.3 Å². The van der Waals surface area contributed by atoms with Crippen LogP contribution in [0.5, 0.6) is 5.75 Å². The lowest BCUT2D eigenvalue weighted by Crippen LogP contribution is -2.49. The van der Waals surface area contributed by atoms with Gasteiger partial charge in [-0.2, -0.15) is 0 Å². The van der Waals surface area contributed by atoms with Gasteiger partial charge < -0.3 is 19.5 Å². The number of aromatic nitrogens is 1. The van der Waals surface area contributed by atoms with Crippen LogP contribution in [0.3, 0.4) is 0 Å². The maximum atomic E-state index is 14.1. The molecule has 1 N–H and O–H groups in total. The molecule has 0 saturated heterocycles. The molecule has 3 aromatic rings. The van der Waals surface area contributed by atoms with Gasteiger partial charge in [-0.15, -0.1) is 0 Å². The maximum Gasteiger partial charge on any atom is 0.274 e. The molecule has 1 atom stereocenters. The van der Waals surface area contributed by atoms with Gasteiger partial charge in [-0.3, -0.25) is 9.59 Å². The summed E-state index contributed by atoms with van der Waals surface area (Å²) in [5, 5.41) is 6.37. The first-order valence-electron chi connectivity index (χ1n) is 9.02. The van der Waals surface area contributed by atoms with Crippen LogP contribution in [-0.4, -0.2) is 36.7 Å². The molecule has 1 aliphatic heterocycles. The van der Waals surface area contributed by atoms with Crippen LogP contribution in [0.15, 0.2) is 59.1 Å². The van der Waals surface area contributed by atoms with Crippen molar-refractivity contribution in [3.63, 3.8) is 0 Å². The summed E-state index contributed by atoms with van der Waals surface area (Å²) in [5.41, 5.74) is 1.12. The zero-order valence-electron chi connectivity index (χ0n) is 15.6. The van der Waals surface area contributed by atoms with Crippen molar-refractivity contribution in [3.8, 4) is 5.75 Å². The summed E-state index contributed by atoms with van der Waals surface area (Å²) in [6.07, 6.45) is 0.490. The highest BCUT2D eigenvalue weighted by atomic mass is 19.1. The van der Waals surface area contributed by atoms with Gasteiger partial charge in [0, 0.05) is 19.5 Å². The molecule has 0 spiro atoms. The number of carbonyl (C=O) groups excluding carboxylic acids is 2. The van der Waals surface area contributed by atoms with Crippen LogP contribution in [0.4, 0.5) is 10.1 Å². The van der Waals surface area contributed by atoms with Gasteiger partial charge in [-0.05, 0) is 17.7 Å². The summed E-state index contributed by atoms with van der Waals surface area (Å²) in [7, 11) is 1.44. The van der Waals surface area contributed by atoms with Gasteiger partial charge in [0.25, 0.3) is 11.8 Å². The van der Waals surface area contributed by atoms with E-state index < -0.39 is 23.7 Å². The summed E-state index contributed by atoms with van der Waals surface area (Å²) in [5.74, 6) is -0.877. The fourth-order valence-corrected chi connectivity index (χ4v) is 3.16. The summed E-state index contributed by atoms with van der Waals surface area (Å²) < 4.78 is 24.9. The Morgan fingerprint density at radius 2 is 2.03 bits per heavy atom. The van der Waals surface area contributed by atoms with Crippen LogP contribution in [-0.2, 0) is 11.2 Å². The number of ether oxygens (including phenoxy) is 1. The first-order valence-corrected chi connectivity index (χ1v) is 9.02. The van der Waals surface area contributed by atoms with Crippen molar-refractivity contribution in [2.45, 2.75) is 12.5 Å². The predicted octanol–water partition coefficient (Wildman–Crippen LogP) is 2.56. The Morgan fingerprint density at radius 1 is 1.24 bits per heavy atom. The molecule has 2 amide bonds. The van der Waals surface area contributed by atoms with Gasteiger partial charge in [0.05, 0.1) is 0 Å². The average Bonchev–Trinajstić information content (AvgIpc) is 3.15. The fraction of sp³-hybridized carbons (Fsp3) is 0.190. The smallest absolute Gasteiger partial charge is 0.274 e. The molecule has 1 aromatic heterocycles. The molecule has 0 aliphatic carbocycles. The third kappa shape index (κ3) is 3.82. The van der Waals surface area contributed by atoms with Gasteiger partial charge in [0.1, 0.15) is 29.8 Å². The largest absolute Gasteiger partial charge is 0.489 e. The highest BCUT2D eigenvalue weighted by Gasteiger charge is 2.32. The predicted molar refractivity (Wildman–Crippen MR) is 102 cm³/mol. The Morgan fingerprint density at radius 3 is 2.83 bits per heavy atom. The van der Waals surface area contributed by atoms with Crippen LogP contribution in [0.25, 0.3) is 0 Å². The lowest BCUT2D eigenvalue weighted by molar-refractivity contribution is -0.120. The monoisotopic (exact) mass is 395 g/mol. The lowest BCUT2D eigenvalue weighted by Gasteiger charge is -2.20. The quantitative estimate of drug-likeness (QED) is 0.734. The Kier molecular flexibility index (Phi) is 4.99. The Balaban J connectivity index is 1.46. The molecule has 1 aliphatic rings. The molecule has 0 saturated carbocycles. The number of likely N-dealkylation sites (N-methyl/N-ethyl adjacent to an activating group) is 1. The van der Waals surface area contributed by atoms with Gasteiger partial charge in [-0.1, -0.05) is 41.6 Å². The Labute approximate surface area is 166 Å². The van der Waals surface area contributed by atoms with Gasteiger partial charge >= 0.3 is 0 Å².